The molecular weight excluding hydrogens is 202 g/mol. The van der Waals surface area contributed by atoms with Gasteiger partial charge in [0.05, 0.1) is 12.5 Å². The summed E-state index contributed by atoms with van der Waals surface area (Å²) in [5.41, 5.74) is -0.0905. The molecule has 2 aliphatic heterocycles. The van der Waals surface area contributed by atoms with E-state index in [-0.39, 0.29) is 18.4 Å². The van der Waals surface area contributed by atoms with Gasteiger partial charge in [0.15, 0.2) is 0 Å². The van der Waals surface area contributed by atoms with Gasteiger partial charge < -0.3 is 10.0 Å². The van der Waals surface area contributed by atoms with Gasteiger partial charge in [-0.2, -0.15) is 0 Å². The lowest BCUT2D eigenvalue weighted by atomic mass is 9.85. The topological polar surface area (TPSA) is 40.5 Å². The Kier molecular flexibility index (Phi) is 2.04. The summed E-state index contributed by atoms with van der Waals surface area (Å²) in [4.78, 5) is 13.7. The molecule has 0 spiro atoms. The van der Waals surface area contributed by atoms with Gasteiger partial charge in [0, 0.05) is 6.54 Å². The number of benzene rings is 1. The highest BCUT2D eigenvalue weighted by Gasteiger charge is 2.53. The van der Waals surface area contributed by atoms with Crippen molar-refractivity contribution in [2.75, 3.05) is 6.54 Å². The molecule has 2 saturated heterocycles. The maximum absolute atomic E-state index is 11.8. The van der Waals surface area contributed by atoms with Crippen LogP contribution in [0.5, 0.6) is 0 Å². The average Bonchev–Trinajstić information content (AvgIpc) is 2.86. The van der Waals surface area contributed by atoms with Gasteiger partial charge in [-0.1, -0.05) is 30.3 Å². The molecule has 0 aliphatic carbocycles. The van der Waals surface area contributed by atoms with Crippen molar-refractivity contribution in [1.29, 1.82) is 0 Å². The normalized spacial score (nSPS) is 33.2. The minimum Gasteiger partial charge on any atom is -0.382 e. The number of rotatable bonds is 1. The Labute approximate surface area is 94.7 Å². The molecule has 2 aliphatic rings. The Morgan fingerprint density at radius 2 is 2.06 bits per heavy atom. The number of fused-ring (bicyclic) bond motifs is 1. The third-order valence-electron chi connectivity index (χ3n) is 3.82. The fourth-order valence-corrected chi connectivity index (χ4v) is 3.03. The number of carbonyl (C=O) groups excluding carboxylic acids is 1. The summed E-state index contributed by atoms with van der Waals surface area (Å²) in [5.74, 6) is 0.0915. The molecule has 2 atom stereocenters. The lowest BCUT2D eigenvalue weighted by Gasteiger charge is -2.29. The number of aliphatic hydroxyl groups is 1. The highest BCUT2D eigenvalue weighted by Crippen LogP contribution is 2.43. The van der Waals surface area contributed by atoms with E-state index in [9.17, 15) is 9.90 Å². The molecule has 0 saturated carbocycles. The Bertz CT molecular complexity index is 417. The van der Waals surface area contributed by atoms with Crippen molar-refractivity contribution < 1.29 is 9.90 Å². The number of hydrogen-bond donors (Lipinski definition) is 1. The smallest absolute Gasteiger partial charge is 0.226 e. The molecule has 2 fully saturated rings. The van der Waals surface area contributed by atoms with E-state index in [0.29, 0.717) is 0 Å². The molecule has 2 heterocycles. The van der Waals surface area contributed by atoms with Gasteiger partial charge in [-0.05, 0) is 18.4 Å². The van der Waals surface area contributed by atoms with Crippen LogP contribution in [0.15, 0.2) is 30.3 Å². The van der Waals surface area contributed by atoms with Crippen molar-refractivity contribution in [3.63, 3.8) is 0 Å². The van der Waals surface area contributed by atoms with E-state index >= 15 is 0 Å². The molecule has 0 aromatic heterocycles. The molecule has 0 radical (unpaired) electrons. The van der Waals surface area contributed by atoms with Crippen LogP contribution in [0, 0.1) is 0 Å². The predicted octanol–water partition coefficient (Wildman–Crippen LogP) is 1.27. The van der Waals surface area contributed by atoms with E-state index in [1.807, 2.05) is 35.2 Å². The van der Waals surface area contributed by atoms with E-state index in [2.05, 4.69) is 0 Å². The van der Waals surface area contributed by atoms with Gasteiger partial charge >= 0.3 is 0 Å². The molecule has 1 aromatic carbocycles. The number of amides is 1. The van der Waals surface area contributed by atoms with E-state index in [0.717, 1.165) is 24.9 Å². The van der Waals surface area contributed by atoms with E-state index in [1.165, 1.54) is 0 Å². The largest absolute Gasteiger partial charge is 0.382 e. The molecule has 1 amide bonds. The minimum absolute atomic E-state index is 0.0117. The van der Waals surface area contributed by atoms with E-state index in [4.69, 9.17) is 0 Å². The lowest BCUT2D eigenvalue weighted by Crippen LogP contribution is -2.38. The quantitative estimate of drug-likeness (QED) is 0.769. The van der Waals surface area contributed by atoms with Gasteiger partial charge in [0.25, 0.3) is 0 Å². The summed E-state index contributed by atoms with van der Waals surface area (Å²) >= 11 is 0. The van der Waals surface area contributed by atoms with Crippen LogP contribution in [0.1, 0.15) is 24.8 Å². The van der Waals surface area contributed by atoms with Crippen LogP contribution < -0.4 is 0 Å². The maximum atomic E-state index is 11.8. The van der Waals surface area contributed by atoms with Crippen molar-refractivity contribution in [2.45, 2.75) is 30.9 Å². The van der Waals surface area contributed by atoms with Crippen molar-refractivity contribution >= 4 is 5.91 Å². The lowest BCUT2D eigenvalue weighted by molar-refractivity contribution is -0.128. The number of hydrogen-bond acceptors (Lipinski definition) is 2. The molecule has 1 aromatic rings. The highest BCUT2D eigenvalue weighted by atomic mass is 16.3. The molecule has 3 nitrogen and oxygen atoms in total. The van der Waals surface area contributed by atoms with Crippen LogP contribution in [0.2, 0.25) is 0 Å². The second-order valence-corrected chi connectivity index (χ2v) is 4.71. The fraction of sp³-hybridized carbons (Fsp3) is 0.462. The van der Waals surface area contributed by atoms with Crippen LogP contribution in [0.3, 0.4) is 0 Å². The van der Waals surface area contributed by atoms with Crippen LogP contribution in [0.25, 0.3) is 0 Å². The molecule has 0 bridgehead atoms. The van der Waals surface area contributed by atoms with Crippen molar-refractivity contribution in [1.82, 2.24) is 4.90 Å². The monoisotopic (exact) mass is 217 g/mol. The minimum atomic E-state index is -0.963. The first kappa shape index (κ1) is 9.85. The predicted molar refractivity (Wildman–Crippen MR) is 59.7 cm³/mol. The van der Waals surface area contributed by atoms with E-state index in [1.54, 1.807) is 0 Å². The standard InChI is InChI=1S/C13H15NO2/c15-12-9-13(16,10-5-2-1-3-6-10)11-7-4-8-14(11)12/h1-3,5-6,11,16H,4,7-9H2/t11-,13-/m1/s1. The van der Waals surface area contributed by atoms with Crippen molar-refractivity contribution in [3.05, 3.63) is 35.9 Å². The Morgan fingerprint density at radius 1 is 1.31 bits per heavy atom. The molecule has 3 rings (SSSR count). The fourth-order valence-electron chi connectivity index (χ4n) is 3.03. The second-order valence-electron chi connectivity index (χ2n) is 4.71. The summed E-state index contributed by atoms with van der Waals surface area (Å²) in [6, 6.07) is 9.56. The van der Waals surface area contributed by atoms with Gasteiger partial charge in [0.1, 0.15) is 5.60 Å². The van der Waals surface area contributed by atoms with Crippen LogP contribution in [-0.2, 0) is 10.4 Å². The first-order valence-electron chi connectivity index (χ1n) is 5.79. The molecule has 16 heavy (non-hydrogen) atoms. The molecule has 84 valence electrons. The van der Waals surface area contributed by atoms with Gasteiger partial charge in [-0.15, -0.1) is 0 Å². The number of nitrogens with zero attached hydrogens (tertiary/aromatic N) is 1. The van der Waals surface area contributed by atoms with Gasteiger partial charge in [-0.25, -0.2) is 0 Å². The third-order valence-corrected chi connectivity index (χ3v) is 3.82. The van der Waals surface area contributed by atoms with E-state index < -0.39 is 5.60 Å². The Balaban J connectivity index is 2.03. The van der Waals surface area contributed by atoms with Crippen LogP contribution in [-0.4, -0.2) is 28.5 Å². The zero-order valence-electron chi connectivity index (χ0n) is 9.10. The molecular formula is C13H15NO2. The SMILES string of the molecule is O=C1C[C@@](O)(c2ccccc2)[C@H]2CCCN12. The molecule has 3 heteroatoms. The summed E-state index contributed by atoms with van der Waals surface area (Å²) in [7, 11) is 0. The summed E-state index contributed by atoms with van der Waals surface area (Å²) in [5, 5.41) is 10.7. The van der Waals surface area contributed by atoms with Crippen LogP contribution >= 0.6 is 0 Å². The summed E-state index contributed by atoms with van der Waals surface area (Å²) < 4.78 is 0. The van der Waals surface area contributed by atoms with Crippen molar-refractivity contribution in [2.24, 2.45) is 0 Å². The number of carbonyl (C=O) groups is 1. The first-order valence-corrected chi connectivity index (χ1v) is 5.79. The molecule has 0 unspecified atom stereocenters. The zero-order chi connectivity index (χ0) is 11.2. The second kappa shape index (κ2) is 3.32. The molecule has 1 N–H and O–H groups in total. The van der Waals surface area contributed by atoms with Crippen molar-refractivity contribution in [3.8, 4) is 0 Å². The zero-order valence-corrected chi connectivity index (χ0v) is 9.10. The first-order chi connectivity index (χ1) is 7.72. The van der Waals surface area contributed by atoms with Crippen LogP contribution in [0.4, 0.5) is 0 Å². The highest BCUT2D eigenvalue weighted by molar-refractivity contribution is 5.81. The Hall–Kier alpha value is -1.35. The summed E-state index contributed by atoms with van der Waals surface area (Å²) in [6.45, 7) is 0.804. The third kappa shape index (κ3) is 1.21. The average molecular weight is 217 g/mol. The maximum Gasteiger partial charge on any atom is 0.226 e. The Morgan fingerprint density at radius 3 is 2.81 bits per heavy atom. The summed E-state index contributed by atoms with van der Waals surface area (Å²) in [6.07, 6.45) is 2.16. The van der Waals surface area contributed by atoms with Gasteiger partial charge in [-0.3, -0.25) is 4.79 Å². The van der Waals surface area contributed by atoms with Gasteiger partial charge in [0.2, 0.25) is 5.91 Å².